The second kappa shape index (κ2) is 11.3. The van der Waals surface area contributed by atoms with Gasteiger partial charge in [0.2, 0.25) is 0 Å². The van der Waals surface area contributed by atoms with Gasteiger partial charge in [0, 0.05) is 17.0 Å². The van der Waals surface area contributed by atoms with Crippen molar-refractivity contribution in [2.45, 2.75) is 32.5 Å². The SMILES string of the molecule is CCOP(=O)(Cc1ccc(C(=O)N[C@@H](Cc2ccc(Cl)cc2)C(=O)O)cc1)OCC. The van der Waals surface area contributed by atoms with E-state index in [0.29, 0.717) is 16.1 Å². The normalized spacial score (nSPS) is 12.4. The number of halogens is 1. The van der Waals surface area contributed by atoms with Crippen molar-refractivity contribution in [2.75, 3.05) is 13.2 Å². The molecular formula is C21H25ClNO6P. The van der Waals surface area contributed by atoms with Gasteiger partial charge in [-0.25, -0.2) is 4.79 Å². The molecule has 1 atom stereocenters. The van der Waals surface area contributed by atoms with E-state index in [4.69, 9.17) is 20.6 Å². The fourth-order valence-electron chi connectivity index (χ4n) is 2.80. The number of carboxylic acids is 1. The number of carbonyl (C=O) groups excluding carboxylic acids is 1. The standard InChI is InChI=1S/C21H25ClNO6P/c1-3-28-30(27,29-4-2)14-16-5-9-17(10-6-16)20(24)23-19(21(25)26)13-15-7-11-18(22)12-8-15/h5-12,19H,3-4,13-14H2,1-2H3,(H,23,24)(H,25,26)/t19-/m0/s1. The molecule has 0 bridgehead atoms. The first-order valence-corrected chi connectivity index (χ1v) is 11.6. The highest BCUT2D eigenvalue weighted by molar-refractivity contribution is 7.53. The average molecular weight is 454 g/mol. The van der Waals surface area contributed by atoms with Crippen molar-refractivity contribution in [1.82, 2.24) is 5.32 Å². The first kappa shape index (κ1) is 24.1. The lowest BCUT2D eigenvalue weighted by molar-refractivity contribution is -0.139. The minimum absolute atomic E-state index is 0.0882. The van der Waals surface area contributed by atoms with Gasteiger partial charge in [0.1, 0.15) is 6.04 Å². The van der Waals surface area contributed by atoms with Crippen LogP contribution in [0.3, 0.4) is 0 Å². The van der Waals surface area contributed by atoms with Crippen LogP contribution in [0.1, 0.15) is 35.3 Å². The molecule has 2 N–H and O–H groups in total. The summed E-state index contributed by atoms with van der Waals surface area (Å²) in [4.78, 5) is 24.1. The highest BCUT2D eigenvalue weighted by atomic mass is 35.5. The molecule has 0 aliphatic carbocycles. The molecule has 0 heterocycles. The van der Waals surface area contributed by atoms with E-state index < -0.39 is 25.5 Å². The van der Waals surface area contributed by atoms with Crippen LogP contribution in [-0.4, -0.2) is 36.2 Å². The van der Waals surface area contributed by atoms with Gasteiger partial charge in [0.15, 0.2) is 0 Å². The number of hydrogen-bond acceptors (Lipinski definition) is 5. The molecule has 0 fully saturated rings. The summed E-state index contributed by atoms with van der Waals surface area (Å²) >= 11 is 5.84. The Balaban J connectivity index is 2.05. The van der Waals surface area contributed by atoms with Crippen molar-refractivity contribution < 1.29 is 28.3 Å². The highest BCUT2D eigenvalue weighted by Gasteiger charge is 2.25. The number of amides is 1. The zero-order chi connectivity index (χ0) is 22.1. The number of rotatable bonds is 11. The van der Waals surface area contributed by atoms with E-state index in [9.17, 15) is 19.3 Å². The van der Waals surface area contributed by atoms with E-state index in [1.807, 2.05) is 0 Å². The van der Waals surface area contributed by atoms with E-state index in [0.717, 1.165) is 5.56 Å². The maximum absolute atomic E-state index is 12.6. The predicted molar refractivity (Wildman–Crippen MR) is 115 cm³/mol. The van der Waals surface area contributed by atoms with Gasteiger partial charge in [-0.3, -0.25) is 9.36 Å². The van der Waals surface area contributed by atoms with Gasteiger partial charge in [-0.2, -0.15) is 0 Å². The van der Waals surface area contributed by atoms with E-state index >= 15 is 0 Å². The van der Waals surface area contributed by atoms with Gasteiger partial charge in [-0.05, 0) is 49.2 Å². The number of carbonyl (C=O) groups is 2. The summed E-state index contributed by atoms with van der Waals surface area (Å²) in [6, 6.07) is 12.1. The van der Waals surface area contributed by atoms with E-state index in [1.54, 1.807) is 62.4 Å². The smallest absolute Gasteiger partial charge is 0.335 e. The molecule has 7 nitrogen and oxygen atoms in total. The Hall–Kier alpha value is -2.18. The molecule has 0 radical (unpaired) electrons. The molecular weight excluding hydrogens is 429 g/mol. The molecule has 0 spiro atoms. The molecule has 162 valence electrons. The van der Waals surface area contributed by atoms with Crippen LogP contribution in [0.15, 0.2) is 48.5 Å². The molecule has 0 saturated heterocycles. The van der Waals surface area contributed by atoms with Crippen molar-refractivity contribution >= 4 is 31.1 Å². The third-order valence-corrected chi connectivity index (χ3v) is 6.51. The molecule has 30 heavy (non-hydrogen) atoms. The maximum Gasteiger partial charge on any atom is 0.335 e. The summed E-state index contributed by atoms with van der Waals surface area (Å²) in [6.07, 6.45) is 0.215. The first-order chi connectivity index (χ1) is 14.3. The first-order valence-electron chi connectivity index (χ1n) is 9.51. The average Bonchev–Trinajstić information content (AvgIpc) is 2.69. The van der Waals surface area contributed by atoms with Gasteiger partial charge in [0.25, 0.3) is 5.91 Å². The Labute approximate surface area is 180 Å². The highest BCUT2D eigenvalue weighted by Crippen LogP contribution is 2.51. The third kappa shape index (κ3) is 7.26. The van der Waals surface area contributed by atoms with Crippen molar-refractivity contribution in [1.29, 1.82) is 0 Å². The topological polar surface area (TPSA) is 102 Å². The van der Waals surface area contributed by atoms with Crippen LogP contribution in [-0.2, 0) is 31.0 Å². The molecule has 0 saturated carbocycles. The van der Waals surface area contributed by atoms with Crippen LogP contribution in [0.5, 0.6) is 0 Å². The molecule has 0 unspecified atom stereocenters. The van der Waals surface area contributed by atoms with Gasteiger partial charge < -0.3 is 19.5 Å². The molecule has 0 aliphatic rings. The minimum atomic E-state index is -3.25. The zero-order valence-corrected chi connectivity index (χ0v) is 18.5. The Bertz CT molecular complexity index is 891. The summed E-state index contributed by atoms with van der Waals surface area (Å²) in [6.45, 7) is 4.01. The molecule has 2 aromatic rings. The minimum Gasteiger partial charge on any atom is -0.480 e. The molecule has 2 rings (SSSR count). The Kier molecular flexibility index (Phi) is 9.06. The fourth-order valence-corrected chi connectivity index (χ4v) is 4.63. The molecule has 0 aliphatic heterocycles. The predicted octanol–water partition coefficient (Wildman–Crippen LogP) is 4.53. The van der Waals surface area contributed by atoms with Crippen LogP contribution in [0, 0.1) is 0 Å². The van der Waals surface area contributed by atoms with Gasteiger partial charge in [0.05, 0.1) is 19.4 Å². The number of nitrogens with one attached hydrogen (secondary N) is 1. The van der Waals surface area contributed by atoms with Crippen molar-refractivity contribution in [3.63, 3.8) is 0 Å². The largest absolute Gasteiger partial charge is 0.480 e. The van der Waals surface area contributed by atoms with Crippen molar-refractivity contribution in [3.8, 4) is 0 Å². The lowest BCUT2D eigenvalue weighted by Crippen LogP contribution is -2.42. The second-order valence-electron chi connectivity index (χ2n) is 6.50. The zero-order valence-electron chi connectivity index (χ0n) is 16.8. The Morgan fingerprint density at radius 2 is 1.53 bits per heavy atom. The lowest BCUT2D eigenvalue weighted by atomic mass is 10.1. The van der Waals surface area contributed by atoms with E-state index in [2.05, 4.69) is 5.32 Å². The Morgan fingerprint density at radius 1 is 1.00 bits per heavy atom. The molecule has 2 aromatic carbocycles. The summed E-state index contributed by atoms with van der Waals surface area (Å²) in [5.41, 5.74) is 1.72. The molecule has 1 amide bonds. The molecule has 9 heteroatoms. The van der Waals surface area contributed by atoms with Crippen LogP contribution < -0.4 is 5.32 Å². The summed E-state index contributed by atoms with van der Waals surface area (Å²) in [5.74, 6) is -1.65. The molecule has 0 aromatic heterocycles. The Morgan fingerprint density at radius 3 is 2.03 bits per heavy atom. The van der Waals surface area contributed by atoms with Crippen molar-refractivity contribution in [2.24, 2.45) is 0 Å². The van der Waals surface area contributed by atoms with Gasteiger partial charge in [-0.1, -0.05) is 35.9 Å². The third-order valence-electron chi connectivity index (χ3n) is 4.20. The van der Waals surface area contributed by atoms with E-state index in [1.165, 1.54) is 0 Å². The quantitative estimate of drug-likeness (QED) is 0.484. The van der Waals surface area contributed by atoms with Crippen LogP contribution in [0.25, 0.3) is 0 Å². The summed E-state index contributed by atoms with van der Waals surface area (Å²) < 4.78 is 23.2. The van der Waals surface area contributed by atoms with Crippen LogP contribution in [0.2, 0.25) is 5.02 Å². The number of aliphatic carboxylic acids is 1. The monoisotopic (exact) mass is 453 g/mol. The summed E-state index contributed by atoms with van der Waals surface area (Å²) in [7, 11) is -3.25. The van der Waals surface area contributed by atoms with Gasteiger partial charge in [-0.15, -0.1) is 0 Å². The van der Waals surface area contributed by atoms with Gasteiger partial charge >= 0.3 is 13.6 Å². The van der Waals surface area contributed by atoms with Crippen LogP contribution in [0.4, 0.5) is 0 Å². The maximum atomic E-state index is 12.6. The van der Waals surface area contributed by atoms with E-state index in [-0.39, 0.29) is 25.8 Å². The fraction of sp³-hybridized carbons (Fsp3) is 0.333. The number of hydrogen-bond donors (Lipinski definition) is 2. The second-order valence-corrected chi connectivity index (χ2v) is 8.99. The lowest BCUT2D eigenvalue weighted by Gasteiger charge is -2.17. The summed E-state index contributed by atoms with van der Waals surface area (Å²) in [5, 5.41) is 12.5. The number of benzene rings is 2. The number of carboxylic acid groups (broad SMARTS) is 1. The van der Waals surface area contributed by atoms with Crippen molar-refractivity contribution in [3.05, 3.63) is 70.2 Å². The van der Waals surface area contributed by atoms with Crippen LogP contribution >= 0.6 is 19.2 Å².